The quantitative estimate of drug-likeness (QED) is 0.321. The minimum absolute atomic E-state index is 0.267. The summed E-state index contributed by atoms with van der Waals surface area (Å²) in [5, 5.41) is 9.36. The predicted octanol–water partition coefficient (Wildman–Crippen LogP) is 5.54. The van der Waals surface area contributed by atoms with Crippen LogP contribution >= 0.6 is 0 Å². The highest BCUT2D eigenvalue weighted by Gasteiger charge is 2.11. The molecule has 0 aliphatic carbocycles. The number of ether oxygens (including phenoxy) is 2. The molecule has 0 bridgehead atoms. The van der Waals surface area contributed by atoms with Gasteiger partial charge in [-0.25, -0.2) is 4.98 Å². The lowest BCUT2D eigenvalue weighted by Crippen LogP contribution is -2.12. The first-order chi connectivity index (χ1) is 16.5. The number of hydrogen-bond donors (Lipinski definition) is 3. The minimum atomic E-state index is -0.267. The molecule has 1 aromatic heterocycles. The van der Waals surface area contributed by atoms with E-state index in [9.17, 15) is 4.79 Å². The third kappa shape index (κ3) is 5.80. The highest BCUT2D eigenvalue weighted by atomic mass is 16.5. The van der Waals surface area contributed by atoms with Crippen molar-refractivity contribution in [1.82, 2.24) is 9.97 Å². The molecular weight excluding hydrogens is 430 g/mol. The molecule has 34 heavy (non-hydrogen) atoms. The molecule has 4 rings (SSSR count). The second-order valence-corrected chi connectivity index (χ2v) is 7.47. The van der Waals surface area contributed by atoms with E-state index in [0.717, 1.165) is 17.1 Å². The highest BCUT2D eigenvalue weighted by Crippen LogP contribution is 2.24. The zero-order valence-electron chi connectivity index (χ0n) is 19.1. The molecule has 0 atom stereocenters. The van der Waals surface area contributed by atoms with Crippen molar-refractivity contribution in [1.29, 1.82) is 0 Å². The Labute approximate surface area is 198 Å². The third-order valence-electron chi connectivity index (χ3n) is 4.91. The van der Waals surface area contributed by atoms with Crippen molar-refractivity contribution in [2.75, 3.05) is 30.2 Å². The van der Waals surface area contributed by atoms with Crippen LogP contribution in [0.2, 0.25) is 0 Å². The smallest absolute Gasteiger partial charge is 0.255 e. The predicted molar refractivity (Wildman–Crippen MR) is 134 cm³/mol. The van der Waals surface area contributed by atoms with Gasteiger partial charge in [0.1, 0.15) is 17.3 Å². The van der Waals surface area contributed by atoms with E-state index in [4.69, 9.17) is 9.47 Å². The van der Waals surface area contributed by atoms with Crippen LogP contribution in [0.4, 0.5) is 28.8 Å². The normalized spacial score (nSPS) is 10.3. The number of amides is 1. The Hall–Kier alpha value is -4.59. The number of hydrogen-bond acceptors (Lipinski definition) is 7. The summed E-state index contributed by atoms with van der Waals surface area (Å²) in [7, 11) is 3.08. The van der Waals surface area contributed by atoms with Gasteiger partial charge in [-0.2, -0.15) is 4.98 Å². The topological polar surface area (TPSA) is 97.4 Å². The fourth-order valence-corrected chi connectivity index (χ4v) is 3.27. The summed E-state index contributed by atoms with van der Waals surface area (Å²) in [6.45, 7) is 1.91. The average Bonchev–Trinajstić information content (AvgIpc) is 2.85. The van der Waals surface area contributed by atoms with Gasteiger partial charge in [0, 0.05) is 40.5 Å². The minimum Gasteiger partial charge on any atom is -0.497 e. The number of nitrogens with one attached hydrogen (secondary N) is 3. The number of methoxy groups -OCH3 is 2. The molecular formula is C26H25N5O3. The first-order valence-corrected chi connectivity index (χ1v) is 10.6. The van der Waals surface area contributed by atoms with Crippen LogP contribution in [0.3, 0.4) is 0 Å². The van der Waals surface area contributed by atoms with E-state index in [2.05, 4.69) is 25.9 Å². The Balaban J connectivity index is 1.44. The van der Waals surface area contributed by atoms with Gasteiger partial charge in [-0.15, -0.1) is 0 Å². The van der Waals surface area contributed by atoms with Gasteiger partial charge in [-0.05, 0) is 55.5 Å². The van der Waals surface area contributed by atoms with Gasteiger partial charge in [0.15, 0.2) is 0 Å². The lowest BCUT2D eigenvalue weighted by Gasteiger charge is -2.11. The van der Waals surface area contributed by atoms with Gasteiger partial charge in [-0.1, -0.05) is 18.2 Å². The van der Waals surface area contributed by atoms with Crippen molar-refractivity contribution >= 4 is 34.7 Å². The number of nitrogens with zero attached hydrogens (tertiary/aromatic N) is 2. The molecule has 8 heteroatoms. The van der Waals surface area contributed by atoms with Crippen LogP contribution in [0, 0.1) is 6.92 Å². The van der Waals surface area contributed by atoms with E-state index < -0.39 is 0 Å². The summed E-state index contributed by atoms with van der Waals surface area (Å²) >= 11 is 0. The summed E-state index contributed by atoms with van der Waals surface area (Å²) < 4.78 is 10.5. The summed E-state index contributed by atoms with van der Waals surface area (Å²) in [6, 6.07) is 24.0. The molecule has 0 aliphatic heterocycles. The Bertz CT molecular complexity index is 1260. The van der Waals surface area contributed by atoms with Crippen LogP contribution < -0.4 is 25.4 Å². The lowest BCUT2D eigenvalue weighted by molar-refractivity contribution is 0.102. The largest absolute Gasteiger partial charge is 0.497 e. The highest BCUT2D eigenvalue weighted by molar-refractivity contribution is 6.04. The number of rotatable bonds is 8. The SMILES string of the molecule is COc1cc(OC)cc(C(=O)Nc2ccc(Nc3nc(C)cc(Nc4ccccc4)n3)cc2)c1. The number of aromatic nitrogens is 2. The fraction of sp³-hybridized carbons (Fsp3) is 0.115. The van der Waals surface area contributed by atoms with Gasteiger partial charge < -0.3 is 25.4 Å². The second kappa shape index (κ2) is 10.4. The monoisotopic (exact) mass is 455 g/mol. The summed E-state index contributed by atoms with van der Waals surface area (Å²) in [6.07, 6.45) is 0. The molecule has 0 spiro atoms. The van der Waals surface area contributed by atoms with Crippen LogP contribution in [0.15, 0.2) is 78.9 Å². The molecule has 3 N–H and O–H groups in total. The molecule has 0 aliphatic rings. The number of benzene rings is 3. The van der Waals surface area contributed by atoms with Crippen molar-refractivity contribution in [3.8, 4) is 11.5 Å². The van der Waals surface area contributed by atoms with Gasteiger partial charge in [-0.3, -0.25) is 4.79 Å². The molecule has 0 unspecified atom stereocenters. The molecule has 0 saturated heterocycles. The van der Waals surface area contributed by atoms with Crippen LogP contribution in [0.25, 0.3) is 0 Å². The van der Waals surface area contributed by atoms with Gasteiger partial charge >= 0.3 is 0 Å². The molecule has 8 nitrogen and oxygen atoms in total. The van der Waals surface area contributed by atoms with Crippen LogP contribution in [-0.4, -0.2) is 30.1 Å². The first kappa shape index (κ1) is 22.6. The van der Waals surface area contributed by atoms with E-state index in [-0.39, 0.29) is 5.91 Å². The molecule has 0 saturated carbocycles. The van der Waals surface area contributed by atoms with E-state index in [1.54, 1.807) is 44.6 Å². The molecule has 0 fully saturated rings. The van der Waals surface area contributed by atoms with Crippen LogP contribution in [0.1, 0.15) is 16.1 Å². The zero-order chi connectivity index (χ0) is 23.9. The van der Waals surface area contributed by atoms with Crippen molar-refractivity contribution in [2.45, 2.75) is 6.92 Å². The molecule has 4 aromatic rings. The summed E-state index contributed by atoms with van der Waals surface area (Å²) in [5.74, 6) is 1.99. The third-order valence-corrected chi connectivity index (χ3v) is 4.91. The van der Waals surface area contributed by atoms with Crippen molar-refractivity contribution in [3.63, 3.8) is 0 Å². The molecule has 0 radical (unpaired) electrons. The molecule has 1 amide bonds. The van der Waals surface area contributed by atoms with Crippen LogP contribution in [-0.2, 0) is 0 Å². The Kier molecular flexibility index (Phi) is 6.88. The molecule has 3 aromatic carbocycles. The van der Waals surface area contributed by atoms with Crippen molar-refractivity contribution in [3.05, 3.63) is 90.1 Å². The summed E-state index contributed by atoms with van der Waals surface area (Å²) in [4.78, 5) is 21.7. The van der Waals surface area contributed by atoms with E-state index in [1.165, 1.54) is 0 Å². The number of carbonyl (C=O) groups excluding carboxylic acids is 1. The van der Waals surface area contributed by atoms with E-state index >= 15 is 0 Å². The van der Waals surface area contributed by atoms with Gasteiger partial charge in [0.25, 0.3) is 5.91 Å². The lowest BCUT2D eigenvalue weighted by atomic mass is 10.1. The number of para-hydroxylation sites is 1. The number of carbonyl (C=O) groups is 1. The second-order valence-electron chi connectivity index (χ2n) is 7.47. The standard InChI is InChI=1S/C26H25N5O3/c1-17-13-24(28-19-7-5-4-6-8-19)31-26(27-17)30-21-11-9-20(10-12-21)29-25(32)18-14-22(33-2)16-23(15-18)34-3/h4-16H,1-3H3,(H,29,32)(H2,27,28,30,31). The van der Waals surface area contributed by atoms with Crippen molar-refractivity contribution < 1.29 is 14.3 Å². The molecule has 172 valence electrons. The van der Waals surface area contributed by atoms with E-state index in [1.807, 2.05) is 55.5 Å². The van der Waals surface area contributed by atoms with E-state index in [0.29, 0.717) is 34.5 Å². The fourth-order valence-electron chi connectivity index (χ4n) is 3.27. The van der Waals surface area contributed by atoms with Crippen molar-refractivity contribution in [2.24, 2.45) is 0 Å². The van der Waals surface area contributed by atoms with Gasteiger partial charge in [0.2, 0.25) is 5.95 Å². The first-order valence-electron chi connectivity index (χ1n) is 10.6. The summed E-state index contributed by atoms with van der Waals surface area (Å²) in [5.41, 5.74) is 3.64. The number of anilines is 5. The Morgan fingerprint density at radius 2 is 1.35 bits per heavy atom. The maximum Gasteiger partial charge on any atom is 0.255 e. The maximum absolute atomic E-state index is 12.7. The molecule has 1 heterocycles. The number of aryl methyl sites for hydroxylation is 1. The maximum atomic E-state index is 12.7. The Morgan fingerprint density at radius 3 is 2.00 bits per heavy atom. The zero-order valence-corrected chi connectivity index (χ0v) is 19.1. The van der Waals surface area contributed by atoms with Crippen LogP contribution in [0.5, 0.6) is 11.5 Å². The average molecular weight is 456 g/mol. The van der Waals surface area contributed by atoms with Gasteiger partial charge in [0.05, 0.1) is 14.2 Å². The Morgan fingerprint density at radius 1 is 0.735 bits per heavy atom.